The Bertz CT molecular complexity index is 737. The van der Waals surface area contributed by atoms with E-state index in [9.17, 15) is 13.2 Å². The van der Waals surface area contributed by atoms with Crippen molar-refractivity contribution in [3.05, 3.63) is 45.3 Å². The van der Waals surface area contributed by atoms with Gasteiger partial charge in [-0.25, -0.2) is 0 Å². The Hall–Kier alpha value is -1.57. The van der Waals surface area contributed by atoms with Crippen LogP contribution in [0.15, 0.2) is 34.1 Å². The summed E-state index contributed by atoms with van der Waals surface area (Å²) < 4.78 is 32.4. The minimum atomic E-state index is -4.31. The highest BCUT2D eigenvalue weighted by molar-refractivity contribution is 7.85. The lowest BCUT2D eigenvalue weighted by atomic mass is 10.2. The quantitative estimate of drug-likeness (QED) is 0.817. The molecule has 1 aromatic heterocycles. The summed E-state index contributed by atoms with van der Waals surface area (Å²) in [5.74, 6) is 0. The number of halogens is 1. The van der Waals surface area contributed by atoms with Gasteiger partial charge in [0.15, 0.2) is 0 Å². The molecule has 0 atom stereocenters. The van der Waals surface area contributed by atoms with Crippen molar-refractivity contribution in [2.45, 2.75) is 11.8 Å². The van der Waals surface area contributed by atoms with Crippen LogP contribution in [0.5, 0.6) is 0 Å². The first-order chi connectivity index (χ1) is 8.29. The average Bonchev–Trinajstić information content (AvgIpc) is 2.62. The lowest BCUT2D eigenvalue weighted by molar-refractivity contribution is 0.483. The van der Waals surface area contributed by atoms with E-state index in [4.69, 9.17) is 16.2 Å². The van der Waals surface area contributed by atoms with Gasteiger partial charge in [0.1, 0.15) is 0 Å². The summed E-state index contributed by atoms with van der Waals surface area (Å²) >= 11 is 5.97. The molecule has 0 fully saturated rings. The van der Waals surface area contributed by atoms with E-state index in [2.05, 4.69) is 5.10 Å². The number of aromatic nitrogens is 2. The molecule has 0 bridgehead atoms. The van der Waals surface area contributed by atoms with Crippen molar-refractivity contribution in [2.24, 2.45) is 0 Å². The maximum atomic E-state index is 11.1. The third kappa shape index (κ3) is 2.33. The molecule has 0 spiro atoms. The fourth-order valence-electron chi connectivity index (χ4n) is 1.62. The van der Waals surface area contributed by atoms with Gasteiger partial charge in [0.05, 0.1) is 15.6 Å². The topological polar surface area (TPSA) is 92.2 Å². The van der Waals surface area contributed by atoms with Crippen molar-refractivity contribution < 1.29 is 13.0 Å². The highest BCUT2D eigenvalue weighted by Gasteiger charge is 2.15. The minimum absolute atomic E-state index is 0.106. The maximum Gasteiger partial charge on any atom is 0.294 e. The first-order valence-corrected chi connectivity index (χ1v) is 6.66. The molecule has 96 valence electrons. The molecule has 0 saturated heterocycles. The number of hydrogen-bond acceptors (Lipinski definition) is 3. The summed E-state index contributed by atoms with van der Waals surface area (Å²) in [7, 11) is -4.31. The summed E-state index contributed by atoms with van der Waals surface area (Å²) in [6.45, 7) is 1.62. The zero-order valence-electron chi connectivity index (χ0n) is 9.21. The SMILES string of the molecule is Cc1cc(S(=O)(=O)O)cc(Cl)c1-n1ccc(=O)[nH]1. The molecule has 1 heterocycles. The van der Waals surface area contributed by atoms with Gasteiger partial charge >= 0.3 is 0 Å². The molecule has 2 N–H and O–H groups in total. The second-order valence-electron chi connectivity index (χ2n) is 3.71. The number of hydrogen-bond donors (Lipinski definition) is 2. The van der Waals surface area contributed by atoms with Gasteiger partial charge in [-0.15, -0.1) is 0 Å². The van der Waals surface area contributed by atoms with Gasteiger partial charge in [-0.3, -0.25) is 19.1 Å². The number of aryl methyl sites for hydroxylation is 1. The molecule has 0 saturated carbocycles. The summed E-state index contributed by atoms with van der Waals surface area (Å²) in [4.78, 5) is 10.8. The molecule has 0 amide bonds. The fourth-order valence-corrected chi connectivity index (χ4v) is 2.64. The van der Waals surface area contributed by atoms with Gasteiger partial charge in [0, 0.05) is 12.3 Å². The Balaban J connectivity index is 2.69. The Morgan fingerprint density at radius 1 is 1.39 bits per heavy atom. The molecule has 2 rings (SSSR count). The van der Waals surface area contributed by atoms with E-state index >= 15 is 0 Å². The molecule has 8 heteroatoms. The van der Waals surface area contributed by atoms with E-state index in [-0.39, 0.29) is 15.5 Å². The molecule has 2 aromatic rings. The van der Waals surface area contributed by atoms with E-state index in [1.165, 1.54) is 23.0 Å². The summed E-state index contributed by atoms with van der Waals surface area (Å²) in [5, 5.41) is 2.60. The number of nitrogens with one attached hydrogen (secondary N) is 1. The van der Waals surface area contributed by atoms with Crippen molar-refractivity contribution in [1.82, 2.24) is 9.78 Å². The van der Waals surface area contributed by atoms with E-state index in [0.29, 0.717) is 11.3 Å². The third-order valence-electron chi connectivity index (χ3n) is 2.37. The third-order valence-corrected chi connectivity index (χ3v) is 3.49. The maximum absolute atomic E-state index is 11.1. The highest BCUT2D eigenvalue weighted by Crippen LogP contribution is 2.27. The van der Waals surface area contributed by atoms with Crippen LogP contribution < -0.4 is 5.56 Å². The second-order valence-corrected chi connectivity index (χ2v) is 5.54. The molecule has 6 nitrogen and oxygen atoms in total. The molecule has 0 aliphatic rings. The van der Waals surface area contributed by atoms with Gasteiger partial charge in [0.25, 0.3) is 15.7 Å². The Kier molecular flexibility index (Phi) is 3.05. The Morgan fingerprint density at radius 2 is 2.06 bits per heavy atom. The molecule has 0 unspecified atom stereocenters. The average molecular weight is 289 g/mol. The first-order valence-electron chi connectivity index (χ1n) is 4.85. The van der Waals surface area contributed by atoms with Crippen molar-refractivity contribution in [1.29, 1.82) is 0 Å². The molecule has 1 aromatic carbocycles. The number of H-pyrrole nitrogens is 1. The molecule has 0 aliphatic carbocycles. The zero-order chi connectivity index (χ0) is 13.5. The lowest BCUT2D eigenvalue weighted by Crippen LogP contribution is -2.07. The summed E-state index contributed by atoms with van der Waals surface area (Å²) in [6, 6.07) is 3.71. The van der Waals surface area contributed by atoms with Gasteiger partial charge in [-0.05, 0) is 24.6 Å². The minimum Gasteiger partial charge on any atom is -0.282 e. The van der Waals surface area contributed by atoms with Crippen LogP contribution in [0.4, 0.5) is 0 Å². The molecule has 0 aliphatic heterocycles. The van der Waals surface area contributed by atoms with Crippen molar-refractivity contribution >= 4 is 21.7 Å². The predicted molar refractivity (Wildman–Crippen MR) is 66.0 cm³/mol. The van der Waals surface area contributed by atoms with E-state index in [1.54, 1.807) is 6.92 Å². The van der Waals surface area contributed by atoms with Crippen molar-refractivity contribution in [2.75, 3.05) is 0 Å². The largest absolute Gasteiger partial charge is 0.294 e. The number of benzene rings is 1. The van der Waals surface area contributed by atoms with Crippen LogP contribution in [0.2, 0.25) is 5.02 Å². The van der Waals surface area contributed by atoms with Crippen LogP contribution in [0, 0.1) is 6.92 Å². The highest BCUT2D eigenvalue weighted by atomic mass is 35.5. The van der Waals surface area contributed by atoms with Crippen LogP contribution in [0.3, 0.4) is 0 Å². The standard InChI is InChI=1S/C10H9ClN2O4S/c1-6-4-7(18(15,16)17)5-8(11)10(6)13-3-2-9(14)12-13/h2-5H,1H3,(H,12,14)(H,15,16,17). The molecular weight excluding hydrogens is 280 g/mol. The fraction of sp³-hybridized carbons (Fsp3) is 0.100. The van der Waals surface area contributed by atoms with Gasteiger partial charge in [0.2, 0.25) is 0 Å². The molecule has 0 radical (unpaired) electrons. The predicted octanol–water partition coefficient (Wildman–Crippen LogP) is 1.37. The molecule has 18 heavy (non-hydrogen) atoms. The van der Waals surface area contributed by atoms with E-state index in [1.807, 2.05) is 0 Å². The van der Waals surface area contributed by atoms with Gasteiger partial charge in [-0.2, -0.15) is 8.42 Å². The number of nitrogens with zero attached hydrogens (tertiary/aromatic N) is 1. The van der Waals surface area contributed by atoms with Crippen LogP contribution >= 0.6 is 11.6 Å². The van der Waals surface area contributed by atoms with E-state index in [0.717, 1.165) is 6.07 Å². The monoisotopic (exact) mass is 288 g/mol. The van der Waals surface area contributed by atoms with Crippen LogP contribution in [0.25, 0.3) is 5.69 Å². The zero-order valence-corrected chi connectivity index (χ0v) is 10.8. The summed E-state index contributed by atoms with van der Waals surface area (Å²) in [5.41, 5.74) is 0.650. The van der Waals surface area contributed by atoms with Crippen molar-refractivity contribution in [3.63, 3.8) is 0 Å². The first kappa shape index (κ1) is 12.9. The van der Waals surface area contributed by atoms with Crippen LogP contribution in [-0.2, 0) is 10.1 Å². The summed E-state index contributed by atoms with van der Waals surface area (Å²) in [6.07, 6.45) is 1.48. The van der Waals surface area contributed by atoms with Crippen LogP contribution in [-0.4, -0.2) is 22.8 Å². The molecular formula is C10H9ClN2O4S. The Labute approximate surface area is 108 Å². The number of aromatic amines is 1. The van der Waals surface area contributed by atoms with Gasteiger partial charge < -0.3 is 0 Å². The normalized spacial score (nSPS) is 11.7. The van der Waals surface area contributed by atoms with E-state index < -0.39 is 10.1 Å². The smallest absolute Gasteiger partial charge is 0.282 e. The second kappa shape index (κ2) is 4.27. The Morgan fingerprint density at radius 3 is 2.50 bits per heavy atom. The van der Waals surface area contributed by atoms with Gasteiger partial charge in [-0.1, -0.05) is 11.6 Å². The van der Waals surface area contributed by atoms with Crippen molar-refractivity contribution in [3.8, 4) is 5.69 Å². The lowest BCUT2D eigenvalue weighted by Gasteiger charge is -2.10. The van der Waals surface area contributed by atoms with Crippen LogP contribution in [0.1, 0.15) is 5.56 Å². The number of rotatable bonds is 2.